The van der Waals surface area contributed by atoms with Gasteiger partial charge in [-0.15, -0.1) is 11.3 Å². The SMILES string of the molecule is CC(C)(C)[C@H]1CCc2c(sc3nc(-c4cc(Cl)c(O)c(Cl)c4)[nH]c(=O)c23)C1. The summed E-state index contributed by atoms with van der Waals surface area (Å²) in [6.07, 6.45) is 3.00. The topological polar surface area (TPSA) is 66.0 Å². The number of phenolic OH excluding ortho intramolecular Hbond substituents is 1. The molecule has 0 spiro atoms. The molecule has 27 heavy (non-hydrogen) atoms. The van der Waals surface area contributed by atoms with Gasteiger partial charge in [0.25, 0.3) is 5.56 Å². The third-order valence-electron chi connectivity index (χ3n) is 5.43. The summed E-state index contributed by atoms with van der Waals surface area (Å²) < 4.78 is 0. The number of hydrogen-bond donors (Lipinski definition) is 2. The van der Waals surface area contributed by atoms with Crippen molar-refractivity contribution in [1.29, 1.82) is 0 Å². The smallest absolute Gasteiger partial charge is 0.260 e. The van der Waals surface area contributed by atoms with Gasteiger partial charge in [0, 0.05) is 10.4 Å². The Balaban J connectivity index is 1.83. The second-order valence-corrected chi connectivity index (χ2v) is 10.1. The normalized spacial score (nSPS) is 17.3. The number of aromatic amines is 1. The average Bonchev–Trinajstić information content (AvgIpc) is 2.96. The van der Waals surface area contributed by atoms with E-state index >= 15 is 0 Å². The van der Waals surface area contributed by atoms with E-state index in [1.807, 2.05) is 0 Å². The van der Waals surface area contributed by atoms with Crippen LogP contribution in [0.15, 0.2) is 16.9 Å². The van der Waals surface area contributed by atoms with E-state index in [0.29, 0.717) is 22.7 Å². The Kier molecular flexibility index (Phi) is 4.53. The lowest BCUT2D eigenvalue weighted by Crippen LogP contribution is -2.26. The molecule has 2 N–H and O–H groups in total. The molecule has 142 valence electrons. The summed E-state index contributed by atoms with van der Waals surface area (Å²) in [5.74, 6) is 0.832. The van der Waals surface area contributed by atoms with Crippen LogP contribution in [0.25, 0.3) is 21.6 Å². The number of hydrogen-bond acceptors (Lipinski definition) is 4. The Morgan fingerprint density at radius 2 is 1.93 bits per heavy atom. The molecule has 3 aromatic rings. The Hall–Kier alpha value is -1.56. The number of nitrogens with zero attached hydrogens (tertiary/aromatic N) is 1. The highest BCUT2D eigenvalue weighted by molar-refractivity contribution is 7.18. The molecular weight excluding hydrogens is 403 g/mol. The standard InChI is InChI=1S/C20H20Cl2N2O2S/c1-20(2,3)10-4-5-11-14(8-10)27-19-15(11)18(26)23-17(24-19)9-6-12(21)16(25)13(22)7-9/h6-7,10,25H,4-5,8H2,1-3H3,(H,23,24,26)/t10-/m0/s1. The number of aromatic hydroxyl groups is 1. The van der Waals surface area contributed by atoms with Gasteiger partial charge in [-0.3, -0.25) is 4.79 Å². The molecule has 0 saturated carbocycles. The molecule has 0 bridgehead atoms. The molecule has 0 amide bonds. The number of benzene rings is 1. The van der Waals surface area contributed by atoms with Crippen LogP contribution >= 0.6 is 34.5 Å². The minimum atomic E-state index is -0.176. The summed E-state index contributed by atoms with van der Waals surface area (Å²) in [5, 5.41) is 10.7. The van der Waals surface area contributed by atoms with E-state index < -0.39 is 0 Å². The fraction of sp³-hybridized carbons (Fsp3) is 0.400. The third-order valence-corrected chi connectivity index (χ3v) is 7.16. The van der Waals surface area contributed by atoms with Gasteiger partial charge in [0.2, 0.25) is 0 Å². The van der Waals surface area contributed by atoms with Gasteiger partial charge in [0.05, 0.1) is 15.4 Å². The summed E-state index contributed by atoms with van der Waals surface area (Å²) in [5.41, 5.74) is 1.83. The first-order chi connectivity index (χ1) is 12.6. The van der Waals surface area contributed by atoms with Crippen molar-refractivity contribution in [2.24, 2.45) is 11.3 Å². The predicted octanol–water partition coefficient (Wildman–Crippen LogP) is 5.82. The van der Waals surface area contributed by atoms with Crippen molar-refractivity contribution in [3.63, 3.8) is 0 Å². The Labute approximate surface area is 171 Å². The van der Waals surface area contributed by atoms with Crippen LogP contribution in [0, 0.1) is 11.3 Å². The van der Waals surface area contributed by atoms with Crippen LogP contribution in [0.2, 0.25) is 10.0 Å². The Morgan fingerprint density at radius 1 is 1.26 bits per heavy atom. The zero-order chi connectivity index (χ0) is 19.5. The maximum atomic E-state index is 12.8. The number of rotatable bonds is 1. The summed E-state index contributed by atoms with van der Waals surface area (Å²) in [7, 11) is 0. The Morgan fingerprint density at radius 3 is 2.56 bits per heavy atom. The number of aromatic nitrogens is 2. The average molecular weight is 423 g/mol. The first-order valence-corrected chi connectivity index (χ1v) is 10.5. The highest BCUT2D eigenvalue weighted by atomic mass is 35.5. The van der Waals surface area contributed by atoms with Crippen LogP contribution in [-0.4, -0.2) is 15.1 Å². The van der Waals surface area contributed by atoms with Crippen LogP contribution < -0.4 is 5.56 Å². The van der Waals surface area contributed by atoms with Gasteiger partial charge in [-0.25, -0.2) is 4.98 Å². The molecule has 1 aliphatic rings. The second-order valence-electron chi connectivity index (χ2n) is 8.19. The number of halogens is 2. The number of fused-ring (bicyclic) bond motifs is 3. The van der Waals surface area contributed by atoms with Crippen molar-refractivity contribution < 1.29 is 5.11 Å². The molecule has 1 atom stereocenters. The molecule has 7 heteroatoms. The molecule has 2 heterocycles. The van der Waals surface area contributed by atoms with Crippen molar-refractivity contribution in [2.45, 2.75) is 40.0 Å². The monoisotopic (exact) mass is 422 g/mol. The van der Waals surface area contributed by atoms with E-state index in [2.05, 4.69) is 30.7 Å². The minimum absolute atomic E-state index is 0.124. The summed E-state index contributed by atoms with van der Waals surface area (Å²) in [6.45, 7) is 6.83. The zero-order valence-electron chi connectivity index (χ0n) is 15.3. The maximum absolute atomic E-state index is 12.8. The van der Waals surface area contributed by atoms with Crippen molar-refractivity contribution in [3.8, 4) is 17.1 Å². The van der Waals surface area contributed by atoms with E-state index in [4.69, 9.17) is 23.2 Å². The summed E-state index contributed by atoms with van der Waals surface area (Å²) in [4.78, 5) is 22.4. The van der Waals surface area contributed by atoms with E-state index in [1.165, 1.54) is 4.88 Å². The molecular formula is C20H20Cl2N2O2S. The van der Waals surface area contributed by atoms with Crippen molar-refractivity contribution in [3.05, 3.63) is 43.0 Å². The van der Waals surface area contributed by atoms with E-state index in [9.17, 15) is 9.90 Å². The van der Waals surface area contributed by atoms with E-state index in [1.54, 1.807) is 23.5 Å². The number of aryl methyl sites for hydroxylation is 1. The summed E-state index contributed by atoms with van der Waals surface area (Å²) in [6, 6.07) is 3.10. The fourth-order valence-corrected chi connectivity index (χ4v) is 5.55. The quantitative estimate of drug-likeness (QED) is 0.519. The number of phenols is 1. The van der Waals surface area contributed by atoms with Gasteiger partial charge in [-0.05, 0) is 48.3 Å². The molecule has 1 aromatic carbocycles. The van der Waals surface area contributed by atoms with Gasteiger partial charge in [0.15, 0.2) is 5.75 Å². The first kappa shape index (κ1) is 18.8. The molecule has 0 saturated heterocycles. The predicted molar refractivity (Wildman–Crippen MR) is 112 cm³/mol. The molecule has 4 rings (SSSR count). The highest BCUT2D eigenvalue weighted by Crippen LogP contribution is 2.42. The van der Waals surface area contributed by atoms with Gasteiger partial charge in [-0.2, -0.15) is 0 Å². The number of H-pyrrole nitrogens is 1. The van der Waals surface area contributed by atoms with Gasteiger partial charge >= 0.3 is 0 Å². The largest absolute Gasteiger partial charge is 0.505 e. The van der Waals surface area contributed by atoms with Crippen molar-refractivity contribution in [1.82, 2.24) is 9.97 Å². The third kappa shape index (κ3) is 3.26. The molecule has 1 aliphatic carbocycles. The Bertz CT molecular complexity index is 1090. The van der Waals surface area contributed by atoms with E-state index in [0.717, 1.165) is 29.7 Å². The fourth-order valence-electron chi connectivity index (χ4n) is 3.76. The van der Waals surface area contributed by atoms with Crippen LogP contribution in [0.4, 0.5) is 0 Å². The second kappa shape index (κ2) is 6.50. The molecule has 0 aliphatic heterocycles. The van der Waals surface area contributed by atoms with Crippen molar-refractivity contribution in [2.75, 3.05) is 0 Å². The minimum Gasteiger partial charge on any atom is -0.505 e. The van der Waals surface area contributed by atoms with Gasteiger partial charge in [0.1, 0.15) is 10.7 Å². The first-order valence-electron chi connectivity index (χ1n) is 8.88. The zero-order valence-corrected chi connectivity index (χ0v) is 17.6. The van der Waals surface area contributed by atoms with Crippen molar-refractivity contribution >= 4 is 44.8 Å². The highest BCUT2D eigenvalue weighted by Gasteiger charge is 2.31. The number of nitrogens with one attached hydrogen (secondary N) is 1. The molecule has 0 unspecified atom stereocenters. The van der Waals surface area contributed by atoms with E-state index in [-0.39, 0.29) is 26.8 Å². The van der Waals surface area contributed by atoms with Crippen LogP contribution in [0.5, 0.6) is 5.75 Å². The van der Waals surface area contributed by atoms with Crippen LogP contribution in [0.3, 0.4) is 0 Å². The lowest BCUT2D eigenvalue weighted by Gasteiger charge is -2.33. The molecule has 2 aromatic heterocycles. The molecule has 0 fully saturated rings. The maximum Gasteiger partial charge on any atom is 0.260 e. The number of thiophene rings is 1. The van der Waals surface area contributed by atoms with Crippen LogP contribution in [0.1, 0.15) is 37.6 Å². The van der Waals surface area contributed by atoms with Crippen LogP contribution in [-0.2, 0) is 12.8 Å². The van der Waals surface area contributed by atoms with Gasteiger partial charge < -0.3 is 10.1 Å². The lowest BCUT2D eigenvalue weighted by atomic mass is 9.72. The molecule has 0 radical (unpaired) electrons. The molecule has 4 nitrogen and oxygen atoms in total. The summed E-state index contributed by atoms with van der Waals surface area (Å²) >= 11 is 13.6. The lowest BCUT2D eigenvalue weighted by molar-refractivity contribution is 0.218. The van der Waals surface area contributed by atoms with Gasteiger partial charge in [-0.1, -0.05) is 44.0 Å².